The molecule has 2 nitrogen and oxygen atoms in total. The molecule has 0 unspecified atom stereocenters. The Morgan fingerprint density at radius 3 is 2.92 bits per heavy atom. The minimum atomic E-state index is -2.49. The predicted octanol–water partition coefficient (Wildman–Crippen LogP) is 3.03. The van der Waals surface area contributed by atoms with Crippen LogP contribution in [0.2, 0.25) is 0 Å². The molecule has 0 aliphatic rings. The van der Waals surface area contributed by atoms with Crippen molar-refractivity contribution >= 4 is 21.4 Å². The maximum Gasteiger partial charge on any atom is 0.267 e. The van der Waals surface area contributed by atoms with Crippen LogP contribution in [0.3, 0.4) is 0 Å². The normalized spacial score (nSPS) is 11.4. The smallest absolute Gasteiger partial charge is 0.239 e. The minimum absolute atomic E-state index is 0.0486. The molecule has 0 amide bonds. The number of hydrogen-bond acceptors (Lipinski definition) is 1. The second-order valence-corrected chi connectivity index (χ2v) is 3.40. The first-order valence-electron chi connectivity index (χ1n) is 3.60. The molecule has 0 aliphatic heterocycles. The second kappa shape index (κ2) is 3.06. The number of pyridine rings is 1. The van der Waals surface area contributed by atoms with Gasteiger partial charge in [0.1, 0.15) is 0 Å². The van der Waals surface area contributed by atoms with E-state index in [1.54, 1.807) is 18.3 Å². The molecular weight excluding hydrogens is 242 g/mol. The molecular formula is C8H5BrF2N2. The van der Waals surface area contributed by atoms with Crippen LogP contribution in [-0.2, 0) is 0 Å². The second-order valence-electron chi connectivity index (χ2n) is 2.55. The molecule has 13 heavy (non-hydrogen) atoms. The van der Waals surface area contributed by atoms with Gasteiger partial charge in [-0.2, -0.15) is 5.10 Å². The highest BCUT2D eigenvalue weighted by Crippen LogP contribution is 2.28. The van der Waals surface area contributed by atoms with Gasteiger partial charge < -0.3 is 0 Å². The lowest BCUT2D eigenvalue weighted by Gasteiger charge is -1.98. The number of rotatable bonds is 1. The molecule has 68 valence electrons. The maximum absolute atomic E-state index is 12.4. The molecule has 0 atom stereocenters. The van der Waals surface area contributed by atoms with Crippen molar-refractivity contribution in [1.29, 1.82) is 0 Å². The van der Waals surface area contributed by atoms with Crippen LogP contribution in [0.1, 0.15) is 12.0 Å². The van der Waals surface area contributed by atoms with Gasteiger partial charge in [-0.25, -0.2) is 13.3 Å². The predicted molar refractivity (Wildman–Crippen MR) is 47.8 cm³/mol. The van der Waals surface area contributed by atoms with E-state index in [1.165, 1.54) is 10.7 Å². The summed E-state index contributed by atoms with van der Waals surface area (Å²) in [5.41, 5.74) is 0.380. The Bertz CT molecular complexity index is 439. The Kier molecular flexibility index (Phi) is 2.03. The zero-order valence-electron chi connectivity index (χ0n) is 6.42. The zero-order valence-corrected chi connectivity index (χ0v) is 8.00. The molecule has 2 heterocycles. The van der Waals surface area contributed by atoms with Crippen LogP contribution in [0, 0.1) is 0 Å². The monoisotopic (exact) mass is 246 g/mol. The fourth-order valence-corrected chi connectivity index (χ4v) is 1.75. The molecule has 5 heteroatoms. The summed E-state index contributed by atoms with van der Waals surface area (Å²) in [4.78, 5) is 0. The molecule has 2 rings (SSSR count). The third kappa shape index (κ3) is 1.33. The van der Waals surface area contributed by atoms with E-state index in [2.05, 4.69) is 21.0 Å². The van der Waals surface area contributed by atoms with Crippen LogP contribution in [0.4, 0.5) is 8.78 Å². The van der Waals surface area contributed by atoms with Crippen LogP contribution in [0.15, 0.2) is 29.0 Å². The lowest BCUT2D eigenvalue weighted by atomic mass is 10.3. The average molecular weight is 247 g/mol. The minimum Gasteiger partial charge on any atom is -0.239 e. The number of halogens is 3. The van der Waals surface area contributed by atoms with Crippen LogP contribution in [0.25, 0.3) is 5.52 Å². The molecule has 0 saturated heterocycles. The summed E-state index contributed by atoms with van der Waals surface area (Å²) in [6.07, 6.45) is 0.327. The van der Waals surface area contributed by atoms with Crippen molar-refractivity contribution in [3.05, 3.63) is 34.6 Å². The van der Waals surface area contributed by atoms with E-state index in [1.807, 2.05) is 0 Å². The van der Waals surface area contributed by atoms with Crippen LogP contribution >= 0.6 is 15.9 Å². The van der Waals surface area contributed by atoms with E-state index in [0.29, 0.717) is 9.99 Å². The Labute approximate surface area is 81.3 Å². The summed E-state index contributed by atoms with van der Waals surface area (Å²) in [5, 5.41) is 3.81. The van der Waals surface area contributed by atoms with Crippen molar-refractivity contribution in [3.8, 4) is 0 Å². The highest BCUT2D eigenvalue weighted by Gasteiger charge is 2.15. The number of alkyl halides is 2. The van der Waals surface area contributed by atoms with Crippen LogP contribution in [-0.4, -0.2) is 9.61 Å². The van der Waals surface area contributed by atoms with Gasteiger partial charge in [0.2, 0.25) is 0 Å². The molecule has 0 aliphatic carbocycles. The van der Waals surface area contributed by atoms with Gasteiger partial charge in [0, 0.05) is 10.7 Å². The summed E-state index contributed by atoms with van der Waals surface area (Å²) in [5.74, 6) is 0. The van der Waals surface area contributed by atoms with Crippen molar-refractivity contribution in [2.45, 2.75) is 6.43 Å². The van der Waals surface area contributed by atoms with Gasteiger partial charge in [-0.1, -0.05) is 0 Å². The Morgan fingerprint density at radius 2 is 2.23 bits per heavy atom. The molecule has 0 bridgehead atoms. The number of hydrogen-bond donors (Lipinski definition) is 0. The number of aromatic nitrogens is 2. The first-order chi connectivity index (χ1) is 6.20. The van der Waals surface area contributed by atoms with Gasteiger partial charge in [0.15, 0.2) is 0 Å². The SMILES string of the molecule is FC(F)c1cnn2cccc(Br)c12. The van der Waals surface area contributed by atoms with Crippen molar-refractivity contribution in [3.63, 3.8) is 0 Å². The molecule has 0 N–H and O–H groups in total. The Morgan fingerprint density at radius 1 is 1.46 bits per heavy atom. The maximum atomic E-state index is 12.4. The van der Waals surface area contributed by atoms with Crippen molar-refractivity contribution in [2.24, 2.45) is 0 Å². The summed E-state index contributed by atoms with van der Waals surface area (Å²) in [6, 6.07) is 3.45. The van der Waals surface area contributed by atoms with Gasteiger partial charge in [-0.15, -0.1) is 0 Å². The largest absolute Gasteiger partial charge is 0.267 e. The van der Waals surface area contributed by atoms with Crippen molar-refractivity contribution in [1.82, 2.24) is 9.61 Å². The van der Waals surface area contributed by atoms with Gasteiger partial charge in [0.05, 0.1) is 17.3 Å². The first-order valence-corrected chi connectivity index (χ1v) is 4.39. The molecule has 2 aromatic rings. The molecule has 0 aromatic carbocycles. The Balaban J connectivity index is 2.79. The lowest BCUT2D eigenvalue weighted by Crippen LogP contribution is -1.87. The third-order valence-corrected chi connectivity index (χ3v) is 2.39. The van der Waals surface area contributed by atoms with Crippen molar-refractivity contribution < 1.29 is 8.78 Å². The van der Waals surface area contributed by atoms with Gasteiger partial charge in [-0.3, -0.25) is 0 Å². The molecule has 0 saturated carbocycles. The summed E-state index contributed by atoms with van der Waals surface area (Å²) in [6.45, 7) is 0. The van der Waals surface area contributed by atoms with Gasteiger partial charge >= 0.3 is 0 Å². The quantitative estimate of drug-likeness (QED) is 0.757. The van der Waals surface area contributed by atoms with Crippen LogP contribution in [0.5, 0.6) is 0 Å². The highest BCUT2D eigenvalue weighted by atomic mass is 79.9. The number of fused-ring (bicyclic) bond motifs is 1. The van der Waals surface area contributed by atoms with Crippen LogP contribution < -0.4 is 0 Å². The molecule has 0 fully saturated rings. The van der Waals surface area contributed by atoms with Gasteiger partial charge in [0.25, 0.3) is 6.43 Å². The average Bonchev–Trinajstić information content (AvgIpc) is 2.49. The lowest BCUT2D eigenvalue weighted by molar-refractivity contribution is 0.153. The molecule has 0 radical (unpaired) electrons. The summed E-state index contributed by atoms with van der Waals surface area (Å²) in [7, 11) is 0. The fraction of sp³-hybridized carbons (Fsp3) is 0.125. The highest BCUT2D eigenvalue weighted by molar-refractivity contribution is 9.10. The standard InChI is InChI=1S/C8H5BrF2N2/c9-6-2-1-3-13-7(6)5(4-12-13)8(10)11/h1-4,8H. The van der Waals surface area contributed by atoms with Gasteiger partial charge in [-0.05, 0) is 28.1 Å². The zero-order chi connectivity index (χ0) is 9.42. The van der Waals surface area contributed by atoms with E-state index >= 15 is 0 Å². The Hall–Kier alpha value is -0.970. The molecule has 2 aromatic heterocycles. The van der Waals surface area contributed by atoms with E-state index in [4.69, 9.17) is 0 Å². The topological polar surface area (TPSA) is 17.3 Å². The van der Waals surface area contributed by atoms with E-state index in [9.17, 15) is 8.78 Å². The van der Waals surface area contributed by atoms with Crippen molar-refractivity contribution in [2.75, 3.05) is 0 Å². The molecule has 0 spiro atoms. The number of nitrogens with zero attached hydrogens (tertiary/aromatic N) is 2. The third-order valence-electron chi connectivity index (χ3n) is 1.75. The summed E-state index contributed by atoms with van der Waals surface area (Å²) < 4.78 is 26.9. The van der Waals surface area contributed by atoms with E-state index in [0.717, 1.165) is 0 Å². The summed E-state index contributed by atoms with van der Waals surface area (Å²) >= 11 is 3.20. The van der Waals surface area contributed by atoms with E-state index < -0.39 is 6.43 Å². The fourth-order valence-electron chi connectivity index (χ4n) is 1.18. The first kappa shape index (κ1) is 8.62. The van der Waals surface area contributed by atoms with E-state index in [-0.39, 0.29) is 5.56 Å².